The first kappa shape index (κ1) is 18.9. The van der Waals surface area contributed by atoms with E-state index in [1.54, 1.807) is 12.1 Å². The molecule has 4 nitrogen and oxygen atoms in total. The second-order valence-corrected chi connectivity index (χ2v) is 7.37. The van der Waals surface area contributed by atoms with Crippen LogP contribution in [0.25, 0.3) is 16.9 Å². The molecule has 0 saturated heterocycles. The molecular formula is C24H22FN3O. The fourth-order valence-electron chi connectivity index (χ4n) is 3.41. The molecule has 0 aliphatic heterocycles. The molecule has 0 unspecified atom stereocenters. The molecule has 0 spiro atoms. The van der Waals surface area contributed by atoms with Crippen molar-refractivity contribution in [3.63, 3.8) is 0 Å². The number of amides is 1. The Balaban J connectivity index is 1.75. The van der Waals surface area contributed by atoms with Crippen molar-refractivity contribution in [1.29, 1.82) is 0 Å². The van der Waals surface area contributed by atoms with Gasteiger partial charge in [-0.2, -0.15) is 0 Å². The summed E-state index contributed by atoms with van der Waals surface area (Å²) in [6.45, 7) is 6.15. The van der Waals surface area contributed by atoms with Crippen molar-refractivity contribution in [1.82, 2.24) is 9.38 Å². The number of hydrogen-bond donors (Lipinski definition) is 1. The van der Waals surface area contributed by atoms with E-state index < -0.39 is 0 Å². The van der Waals surface area contributed by atoms with Gasteiger partial charge in [-0.3, -0.25) is 4.79 Å². The molecule has 4 aromatic rings. The van der Waals surface area contributed by atoms with Gasteiger partial charge >= 0.3 is 0 Å². The molecule has 0 bridgehead atoms. The first-order valence-electron chi connectivity index (χ1n) is 9.51. The van der Waals surface area contributed by atoms with E-state index in [1.807, 2.05) is 35.7 Å². The molecule has 146 valence electrons. The number of pyridine rings is 1. The van der Waals surface area contributed by atoms with Gasteiger partial charge in [0.2, 0.25) is 5.91 Å². The predicted octanol–water partition coefficient (Wildman–Crippen LogP) is 5.25. The number of fused-ring (bicyclic) bond motifs is 1. The highest BCUT2D eigenvalue weighted by molar-refractivity contribution is 5.93. The lowest BCUT2D eigenvalue weighted by atomic mass is 10.0. The number of imidazole rings is 1. The van der Waals surface area contributed by atoms with Crippen LogP contribution < -0.4 is 5.32 Å². The number of nitrogens with one attached hydrogen (secondary N) is 1. The minimum Gasteiger partial charge on any atom is -0.326 e. The van der Waals surface area contributed by atoms with Gasteiger partial charge in [0.1, 0.15) is 11.5 Å². The van der Waals surface area contributed by atoms with Crippen molar-refractivity contribution in [3.05, 3.63) is 89.0 Å². The quantitative estimate of drug-likeness (QED) is 0.520. The third kappa shape index (κ3) is 3.90. The summed E-state index contributed by atoms with van der Waals surface area (Å²) in [5.41, 5.74) is 7.28. The van der Waals surface area contributed by atoms with Crippen LogP contribution in [0.4, 0.5) is 10.1 Å². The topological polar surface area (TPSA) is 46.4 Å². The minimum atomic E-state index is -0.385. The van der Waals surface area contributed by atoms with Crippen LogP contribution in [-0.2, 0) is 11.2 Å². The first-order valence-corrected chi connectivity index (χ1v) is 9.51. The summed E-state index contributed by atoms with van der Waals surface area (Å²) in [7, 11) is 0. The molecule has 2 aromatic carbocycles. The van der Waals surface area contributed by atoms with E-state index >= 15 is 0 Å². The Morgan fingerprint density at radius 2 is 1.86 bits per heavy atom. The molecular weight excluding hydrogens is 365 g/mol. The molecule has 0 atom stereocenters. The van der Waals surface area contributed by atoms with Gasteiger partial charge in [0.05, 0.1) is 17.8 Å². The van der Waals surface area contributed by atoms with Crippen LogP contribution in [0.3, 0.4) is 0 Å². The fraction of sp³-hybridized carbons (Fsp3) is 0.167. The molecule has 0 fully saturated rings. The van der Waals surface area contributed by atoms with E-state index in [2.05, 4.69) is 31.3 Å². The Labute approximate surface area is 169 Å². The van der Waals surface area contributed by atoms with E-state index in [9.17, 15) is 9.18 Å². The van der Waals surface area contributed by atoms with Crippen molar-refractivity contribution >= 4 is 17.2 Å². The van der Waals surface area contributed by atoms with Crippen molar-refractivity contribution < 1.29 is 9.18 Å². The van der Waals surface area contributed by atoms with Gasteiger partial charge in [-0.05, 0) is 73.9 Å². The van der Waals surface area contributed by atoms with Gasteiger partial charge < -0.3 is 9.72 Å². The molecule has 1 N–H and O–H groups in total. The number of aryl methyl sites for hydroxylation is 3. The maximum absolute atomic E-state index is 13.4. The van der Waals surface area contributed by atoms with E-state index in [0.717, 1.165) is 28.2 Å². The van der Waals surface area contributed by atoms with Gasteiger partial charge in [-0.1, -0.05) is 18.2 Å². The number of benzene rings is 2. The number of carbonyl (C=O) groups excluding carboxylic acids is 1. The first-order chi connectivity index (χ1) is 13.9. The monoisotopic (exact) mass is 387 g/mol. The summed E-state index contributed by atoms with van der Waals surface area (Å²) in [4.78, 5) is 17.5. The summed E-state index contributed by atoms with van der Waals surface area (Å²) in [6, 6.07) is 16.1. The smallest absolute Gasteiger partial charge is 0.230 e. The molecule has 0 saturated carbocycles. The van der Waals surface area contributed by atoms with Crippen LogP contribution in [0.1, 0.15) is 22.4 Å². The molecule has 29 heavy (non-hydrogen) atoms. The lowest BCUT2D eigenvalue weighted by Crippen LogP contribution is -2.16. The van der Waals surface area contributed by atoms with Gasteiger partial charge in [-0.25, -0.2) is 9.37 Å². The van der Waals surface area contributed by atoms with Crippen LogP contribution >= 0.6 is 0 Å². The molecule has 2 heterocycles. The third-order valence-electron chi connectivity index (χ3n) is 5.10. The Bertz CT molecular complexity index is 1230. The molecule has 0 aliphatic rings. The second-order valence-electron chi connectivity index (χ2n) is 7.37. The second kappa shape index (κ2) is 7.51. The molecule has 4 rings (SSSR count). The Morgan fingerprint density at radius 1 is 1.03 bits per heavy atom. The van der Waals surface area contributed by atoms with E-state index in [-0.39, 0.29) is 18.1 Å². The molecule has 5 heteroatoms. The number of aromatic nitrogens is 2. The van der Waals surface area contributed by atoms with Gasteiger partial charge in [0.15, 0.2) is 0 Å². The highest BCUT2D eigenvalue weighted by Gasteiger charge is 2.18. The number of halogens is 1. The normalized spacial score (nSPS) is 11.0. The SMILES string of the molecule is Cc1ccn2c(CC(=O)Nc3cccc(F)c3)c(-c3ccc(C)c(C)c3)nc2c1. The van der Waals surface area contributed by atoms with Crippen molar-refractivity contribution in [2.24, 2.45) is 0 Å². The Morgan fingerprint density at radius 3 is 2.62 bits per heavy atom. The summed E-state index contributed by atoms with van der Waals surface area (Å²) in [5, 5.41) is 2.78. The summed E-state index contributed by atoms with van der Waals surface area (Å²) < 4.78 is 15.4. The number of rotatable bonds is 4. The summed E-state index contributed by atoms with van der Waals surface area (Å²) in [5.74, 6) is -0.605. The van der Waals surface area contributed by atoms with Gasteiger partial charge in [0, 0.05) is 17.4 Å². The number of carbonyl (C=O) groups is 1. The third-order valence-corrected chi connectivity index (χ3v) is 5.10. The zero-order valence-electron chi connectivity index (χ0n) is 16.7. The van der Waals surface area contributed by atoms with E-state index in [4.69, 9.17) is 4.98 Å². The zero-order chi connectivity index (χ0) is 20.5. The molecule has 2 aromatic heterocycles. The fourth-order valence-corrected chi connectivity index (χ4v) is 3.41. The molecule has 0 aliphatic carbocycles. The Hall–Kier alpha value is -3.47. The van der Waals surface area contributed by atoms with Crippen LogP contribution in [0.5, 0.6) is 0 Å². The molecule has 0 radical (unpaired) electrons. The maximum Gasteiger partial charge on any atom is 0.230 e. The lowest BCUT2D eigenvalue weighted by Gasteiger charge is -2.09. The zero-order valence-corrected chi connectivity index (χ0v) is 16.7. The van der Waals surface area contributed by atoms with E-state index in [0.29, 0.717) is 5.69 Å². The average Bonchev–Trinajstić information content (AvgIpc) is 3.01. The van der Waals surface area contributed by atoms with Crippen LogP contribution in [0.15, 0.2) is 60.8 Å². The van der Waals surface area contributed by atoms with Crippen LogP contribution in [0.2, 0.25) is 0 Å². The maximum atomic E-state index is 13.4. The highest BCUT2D eigenvalue weighted by Crippen LogP contribution is 2.27. The van der Waals surface area contributed by atoms with Crippen molar-refractivity contribution in [2.45, 2.75) is 27.2 Å². The van der Waals surface area contributed by atoms with Crippen LogP contribution in [0, 0.1) is 26.6 Å². The van der Waals surface area contributed by atoms with Gasteiger partial charge in [-0.15, -0.1) is 0 Å². The minimum absolute atomic E-state index is 0.128. The number of nitrogens with zero attached hydrogens (tertiary/aromatic N) is 2. The summed E-state index contributed by atoms with van der Waals surface area (Å²) in [6.07, 6.45) is 2.07. The van der Waals surface area contributed by atoms with Crippen molar-refractivity contribution in [2.75, 3.05) is 5.32 Å². The predicted molar refractivity (Wildman–Crippen MR) is 114 cm³/mol. The molecule has 1 amide bonds. The number of anilines is 1. The van der Waals surface area contributed by atoms with Gasteiger partial charge in [0.25, 0.3) is 0 Å². The number of hydrogen-bond acceptors (Lipinski definition) is 2. The Kier molecular flexibility index (Phi) is 4.89. The van der Waals surface area contributed by atoms with Crippen molar-refractivity contribution in [3.8, 4) is 11.3 Å². The summed E-state index contributed by atoms with van der Waals surface area (Å²) >= 11 is 0. The largest absolute Gasteiger partial charge is 0.326 e. The standard InChI is InChI=1S/C24H22FN3O/c1-15-9-10-28-21(14-23(29)26-20-6-4-5-19(25)13-20)24(27-22(28)11-15)18-8-7-16(2)17(3)12-18/h4-13H,14H2,1-3H3,(H,26,29). The highest BCUT2D eigenvalue weighted by atomic mass is 19.1. The lowest BCUT2D eigenvalue weighted by molar-refractivity contribution is -0.115. The average molecular weight is 387 g/mol. The van der Waals surface area contributed by atoms with E-state index in [1.165, 1.54) is 23.3 Å². The van der Waals surface area contributed by atoms with Crippen LogP contribution in [-0.4, -0.2) is 15.3 Å².